The minimum atomic E-state index is 0.613. The highest BCUT2D eigenvalue weighted by atomic mass is 79.9. The fourth-order valence-electron chi connectivity index (χ4n) is 2.19. The number of aromatic nitrogens is 1. The summed E-state index contributed by atoms with van der Waals surface area (Å²) < 4.78 is 1.08. The minimum Gasteiger partial charge on any atom is -0.356 e. The second-order valence-electron chi connectivity index (χ2n) is 4.45. The van der Waals surface area contributed by atoms with Crippen molar-refractivity contribution in [3.05, 3.63) is 22.8 Å². The van der Waals surface area contributed by atoms with E-state index in [1.807, 2.05) is 18.3 Å². The van der Waals surface area contributed by atoms with E-state index in [0.717, 1.165) is 10.3 Å². The molecule has 2 heterocycles. The van der Waals surface area contributed by atoms with Crippen LogP contribution in [0, 0.1) is 0 Å². The normalized spacial score (nSPS) is 18.7. The number of pyridine rings is 1. The van der Waals surface area contributed by atoms with Gasteiger partial charge in [0.1, 0.15) is 5.82 Å². The molecule has 0 saturated carbocycles. The average molecular weight is 284 g/mol. The van der Waals surface area contributed by atoms with Crippen LogP contribution in [0.25, 0.3) is 0 Å². The van der Waals surface area contributed by atoms with Gasteiger partial charge in [-0.15, -0.1) is 0 Å². The first-order valence-corrected chi connectivity index (χ1v) is 6.49. The Morgan fingerprint density at radius 1 is 1.44 bits per heavy atom. The number of nitrogens with zero attached hydrogens (tertiary/aromatic N) is 3. The van der Waals surface area contributed by atoms with Crippen LogP contribution in [0.4, 0.5) is 5.82 Å². The summed E-state index contributed by atoms with van der Waals surface area (Å²) in [5.74, 6) is 1.05. The zero-order valence-corrected chi connectivity index (χ0v) is 11.4. The van der Waals surface area contributed by atoms with Crippen LogP contribution in [0.1, 0.15) is 12.8 Å². The molecule has 1 aromatic heterocycles. The molecule has 0 bridgehead atoms. The molecule has 1 fully saturated rings. The first kappa shape index (κ1) is 11.9. The largest absolute Gasteiger partial charge is 0.356 e. The van der Waals surface area contributed by atoms with Crippen LogP contribution in [0.2, 0.25) is 0 Å². The van der Waals surface area contributed by atoms with Crippen molar-refractivity contribution in [1.29, 1.82) is 0 Å². The van der Waals surface area contributed by atoms with Crippen molar-refractivity contribution in [1.82, 2.24) is 9.88 Å². The van der Waals surface area contributed by atoms with Crippen molar-refractivity contribution in [2.24, 2.45) is 0 Å². The second kappa shape index (κ2) is 5.15. The number of rotatable bonds is 2. The molecule has 0 aromatic carbocycles. The Kier molecular flexibility index (Phi) is 3.82. The van der Waals surface area contributed by atoms with E-state index < -0.39 is 0 Å². The highest BCUT2D eigenvalue weighted by molar-refractivity contribution is 9.10. The van der Waals surface area contributed by atoms with Gasteiger partial charge in [0.15, 0.2) is 0 Å². The van der Waals surface area contributed by atoms with Gasteiger partial charge in [-0.05, 0) is 61.0 Å². The van der Waals surface area contributed by atoms with Crippen molar-refractivity contribution < 1.29 is 0 Å². The molecule has 0 spiro atoms. The second-order valence-corrected chi connectivity index (χ2v) is 5.31. The summed E-state index contributed by atoms with van der Waals surface area (Å²) in [6.07, 6.45) is 4.29. The Hall–Kier alpha value is -0.610. The molecule has 0 atom stereocenters. The zero-order valence-electron chi connectivity index (χ0n) is 9.86. The van der Waals surface area contributed by atoms with Crippen molar-refractivity contribution in [3.63, 3.8) is 0 Å². The number of piperidine rings is 1. The summed E-state index contributed by atoms with van der Waals surface area (Å²) in [7, 11) is 4.33. The summed E-state index contributed by atoms with van der Waals surface area (Å²) >= 11 is 3.56. The molecule has 1 aliphatic rings. The first-order chi connectivity index (χ1) is 7.68. The molecule has 0 amide bonds. The molecule has 1 aromatic rings. The van der Waals surface area contributed by atoms with Crippen LogP contribution >= 0.6 is 15.9 Å². The highest BCUT2D eigenvalue weighted by Gasteiger charge is 2.22. The molecule has 0 aliphatic carbocycles. The van der Waals surface area contributed by atoms with E-state index >= 15 is 0 Å². The van der Waals surface area contributed by atoms with Gasteiger partial charge in [0, 0.05) is 19.3 Å². The van der Waals surface area contributed by atoms with Crippen LogP contribution in [0.15, 0.2) is 22.8 Å². The third-order valence-corrected chi connectivity index (χ3v) is 3.93. The van der Waals surface area contributed by atoms with Crippen LogP contribution in [0.3, 0.4) is 0 Å². The summed E-state index contributed by atoms with van der Waals surface area (Å²) in [6.45, 7) is 2.36. The van der Waals surface area contributed by atoms with Gasteiger partial charge in [0.2, 0.25) is 0 Å². The smallest absolute Gasteiger partial charge is 0.142 e. The van der Waals surface area contributed by atoms with Gasteiger partial charge in [0.25, 0.3) is 0 Å². The maximum absolute atomic E-state index is 4.44. The van der Waals surface area contributed by atoms with Gasteiger partial charge in [-0.2, -0.15) is 0 Å². The van der Waals surface area contributed by atoms with Gasteiger partial charge in [-0.25, -0.2) is 4.98 Å². The van der Waals surface area contributed by atoms with E-state index in [2.05, 4.69) is 44.8 Å². The van der Waals surface area contributed by atoms with Gasteiger partial charge in [0.05, 0.1) is 4.47 Å². The van der Waals surface area contributed by atoms with E-state index in [0.29, 0.717) is 6.04 Å². The van der Waals surface area contributed by atoms with E-state index in [-0.39, 0.29) is 0 Å². The van der Waals surface area contributed by atoms with Gasteiger partial charge < -0.3 is 9.80 Å². The fraction of sp³-hybridized carbons (Fsp3) is 0.583. The monoisotopic (exact) mass is 283 g/mol. The molecule has 4 heteroatoms. The number of anilines is 1. The lowest BCUT2D eigenvalue weighted by Crippen LogP contribution is -2.42. The molecule has 2 rings (SSSR count). The SMILES string of the molecule is CN1CCC(N(C)c2ncccc2Br)CC1. The average Bonchev–Trinajstić information content (AvgIpc) is 2.30. The number of likely N-dealkylation sites (tertiary alicyclic amines) is 1. The zero-order chi connectivity index (χ0) is 11.5. The van der Waals surface area contributed by atoms with Gasteiger partial charge in [-0.3, -0.25) is 0 Å². The molecular weight excluding hydrogens is 266 g/mol. The Labute approximate surface area is 106 Å². The quantitative estimate of drug-likeness (QED) is 0.831. The number of hydrogen-bond acceptors (Lipinski definition) is 3. The third-order valence-electron chi connectivity index (χ3n) is 3.31. The fourth-order valence-corrected chi connectivity index (χ4v) is 2.73. The van der Waals surface area contributed by atoms with Crippen molar-refractivity contribution >= 4 is 21.7 Å². The van der Waals surface area contributed by atoms with Gasteiger partial charge in [-0.1, -0.05) is 0 Å². The Morgan fingerprint density at radius 3 is 2.75 bits per heavy atom. The van der Waals surface area contributed by atoms with Crippen molar-refractivity contribution in [2.45, 2.75) is 18.9 Å². The summed E-state index contributed by atoms with van der Waals surface area (Å²) in [5, 5.41) is 0. The molecule has 88 valence electrons. The van der Waals surface area contributed by atoms with Crippen LogP contribution in [-0.2, 0) is 0 Å². The van der Waals surface area contributed by atoms with Crippen LogP contribution in [-0.4, -0.2) is 43.1 Å². The molecule has 1 saturated heterocycles. The van der Waals surface area contributed by atoms with Crippen LogP contribution < -0.4 is 4.90 Å². The lowest BCUT2D eigenvalue weighted by Gasteiger charge is -2.36. The minimum absolute atomic E-state index is 0.613. The lowest BCUT2D eigenvalue weighted by atomic mass is 10.0. The molecule has 0 unspecified atom stereocenters. The Balaban J connectivity index is 2.07. The van der Waals surface area contributed by atoms with E-state index in [1.54, 1.807) is 0 Å². The topological polar surface area (TPSA) is 19.4 Å². The standard InChI is InChI=1S/C12H18BrN3/c1-15-8-5-10(6-9-15)16(2)12-11(13)4-3-7-14-12/h3-4,7,10H,5-6,8-9H2,1-2H3. The predicted molar refractivity (Wildman–Crippen MR) is 70.9 cm³/mol. The molecule has 3 nitrogen and oxygen atoms in total. The molecule has 16 heavy (non-hydrogen) atoms. The van der Waals surface area contributed by atoms with E-state index in [1.165, 1.54) is 25.9 Å². The summed E-state index contributed by atoms with van der Waals surface area (Å²) in [6, 6.07) is 4.62. The van der Waals surface area contributed by atoms with Crippen molar-refractivity contribution in [2.75, 3.05) is 32.1 Å². The predicted octanol–water partition coefficient (Wildman–Crippen LogP) is 2.37. The number of halogens is 1. The molecule has 0 N–H and O–H groups in total. The summed E-state index contributed by atoms with van der Waals surface area (Å²) in [4.78, 5) is 9.13. The Bertz CT molecular complexity index is 348. The van der Waals surface area contributed by atoms with E-state index in [9.17, 15) is 0 Å². The Morgan fingerprint density at radius 2 is 2.12 bits per heavy atom. The summed E-state index contributed by atoms with van der Waals surface area (Å²) in [5.41, 5.74) is 0. The van der Waals surface area contributed by atoms with E-state index in [4.69, 9.17) is 0 Å². The maximum atomic E-state index is 4.44. The third kappa shape index (κ3) is 2.55. The lowest BCUT2D eigenvalue weighted by molar-refractivity contribution is 0.252. The molecule has 0 radical (unpaired) electrons. The number of hydrogen-bond donors (Lipinski definition) is 0. The maximum Gasteiger partial charge on any atom is 0.142 e. The van der Waals surface area contributed by atoms with Crippen LogP contribution in [0.5, 0.6) is 0 Å². The highest BCUT2D eigenvalue weighted by Crippen LogP contribution is 2.26. The molecule has 1 aliphatic heterocycles. The first-order valence-electron chi connectivity index (χ1n) is 5.70. The molecular formula is C12H18BrN3. The van der Waals surface area contributed by atoms with Crippen molar-refractivity contribution in [3.8, 4) is 0 Å². The van der Waals surface area contributed by atoms with Gasteiger partial charge >= 0.3 is 0 Å².